The van der Waals surface area contributed by atoms with Gasteiger partial charge in [-0.1, -0.05) is 72.3 Å². The second kappa shape index (κ2) is 12.5. The van der Waals surface area contributed by atoms with Crippen molar-refractivity contribution in [2.75, 3.05) is 25.5 Å². The van der Waals surface area contributed by atoms with Gasteiger partial charge in [-0.05, 0) is 24.3 Å². The normalized spacial score (nSPS) is 15.1. The summed E-state index contributed by atoms with van der Waals surface area (Å²) in [5, 5.41) is 27.4. The van der Waals surface area contributed by atoms with Crippen LogP contribution >= 0.6 is 11.6 Å². The number of halogens is 1. The van der Waals surface area contributed by atoms with Crippen molar-refractivity contribution in [1.82, 2.24) is 5.06 Å². The lowest BCUT2D eigenvalue weighted by molar-refractivity contribution is -0.384. The van der Waals surface area contributed by atoms with Crippen molar-refractivity contribution in [3.8, 4) is 0 Å². The number of non-ortho nitro benzene ring substituents is 1. The van der Waals surface area contributed by atoms with Crippen LogP contribution in [0.1, 0.15) is 16.7 Å². The van der Waals surface area contributed by atoms with Crippen molar-refractivity contribution in [2.45, 2.75) is 0 Å². The fraction of sp³-hybridized carbons (Fsp3) is 0.0968. The van der Waals surface area contributed by atoms with Crippen molar-refractivity contribution in [3.05, 3.63) is 139 Å². The fourth-order valence-corrected chi connectivity index (χ4v) is 4.73. The minimum Gasteiger partial charge on any atom is -0.324 e. The molecule has 210 valence electrons. The zero-order valence-electron chi connectivity index (χ0n) is 22.4. The van der Waals surface area contributed by atoms with Crippen LogP contribution in [0.2, 0.25) is 5.02 Å². The highest BCUT2D eigenvalue weighted by Gasteiger charge is 2.21. The first kappa shape index (κ1) is 28.3. The van der Waals surface area contributed by atoms with Crippen LogP contribution in [-0.4, -0.2) is 52.8 Å². The van der Waals surface area contributed by atoms with E-state index in [0.717, 1.165) is 21.7 Å². The standard InChI is InChI=1S/C16H14ClN3O.C15H11N3O3/c1-18-15-10-20(21)16(11-5-3-2-4-6-11)13-9-12(17)7-8-14(13)19-15;19-14-9-16-15(10-4-2-1-3-5-10)12-8-11(18(20)21)6-7-13(12)17-14/h2-9,21H,10H2,1H3;1-8H,9H2,(H,17,19). The van der Waals surface area contributed by atoms with Crippen LogP contribution < -0.4 is 15.9 Å². The molecule has 0 saturated carbocycles. The molecule has 4 aromatic rings. The van der Waals surface area contributed by atoms with E-state index in [-0.39, 0.29) is 24.7 Å². The van der Waals surface area contributed by atoms with Crippen molar-refractivity contribution in [3.63, 3.8) is 0 Å². The molecule has 0 unspecified atom stereocenters. The quantitative estimate of drug-likeness (QED) is 0.276. The van der Waals surface area contributed by atoms with Crippen molar-refractivity contribution < 1.29 is 14.9 Å². The highest BCUT2D eigenvalue weighted by molar-refractivity contribution is 6.30. The highest BCUT2D eigenvalue weighted by atomic mass is 35.5. The average Bonchev–Trinajstić information content (AvgIpc) is 3.25. The Morgan fingerprint density at radius 3 is 2.33 bits per heavy atom. The van der Waals surface area contributed by atoms with E-state index < -0.39 is 4.92 Å². The summed E-state index contributed by atoms with van der Waals surface area (Å²) in [5.41, 5.74) is 4.02. The number of hydrogen-bond donors (Lipinski definition) is 2. The van der Waals surface area contributed by atoms with Crippen molar-refractivity contribution in [1.29, 1.82) is 0 Å². The molecule has 0 spiro atoms. The van der Waals surface area contributed by atoms with Gasteiger partial charge in [0.25, 0.3) is 5.69 Å². The SMILES string of the molecule is CN=C1CN(O)C(c2ccccc2)=c2cc(Cl)ccc2=N1.O=C1CN=C(c2ccccc2)c2cc([N+](=O)[O-])ccc2N1. The Bertz CT molecular complexity index is 1840. The van der Waals surface area contributed by atoms with Crippen LogP contribution in [0.4, 0.5) is 11.4 Å². The maximum atomic E-state index is 11.7. The number of hydroxylamine groups is 2. The summed E-state index contributed by atoms with van der Waals surface area (Å²) in [6, 6.07) is 28.8. The van der Waals surface area contributed by atoms with E-state index in [0.29, 0.717) is 33.5 Å². The van der Waals surface area contributed by atoms with Gasteiger partial charge in [0.05, 0.1) is 27.4 Å². The Kier molecular flexibility index (Phi) is 8.47. The molecule has 0 aromatic heterocycles. The summed E-state index contributed by atoms with van der Waals surface area (Å²) in [7, 11) is 1.66. The Hall–Kier alpha value is -5.19. The summed E-state index contributed by atoms with van der Waals surface area (Å²) in [6.45, 7) is 0.222. The molecule has 0 saturated heterocycles. The van der Waals surface area contributed by atoms with Gasteiger partial charge in [0.2, 0.25) is 5.91 Å². The van der Waals surface area contributed by atoms with E-state index in [4.69, 9.17) is 11.6 Å². The van der Waals surface area contributed by atoms with Gasteiger partial charge in [-0.2, -0.15) is 0 Å². The van der Waals surface area contributed by atoms with Crippen molar-refractivity contribution >= 4 is 46.1 Å². The Morgan fingerprint density at radius 2 is 1.67 bits per heavy atom. The summed E-state index contributed by atoms with van der Waals surface area (Å²) in [4.78, 5) is 35.1. The van der Waals surface area contributed by atoms with Gasteiger partial charge in [-0.25, -0.2) is 10.1 Å². The molecule has 2 aliphatic rings. The number of rotatable bonds is 3. The molecule has 2 aliphatic heterocycles. The van der Waals surface area contributed by atoms with E-state index in [9.17, 15) is 20.1 Å². The summed E-state index contributed by atoms with van der Waals surface area (Å²) < 4.78 is 0. The third-order valence-corrected chi connectivity index (χ3v) is 6.72. The molecule has 0 fully saturated rings. The van der Waals surface area contributed by atoms with Crippen LogP contribution in [-0.2, 0) is 4.79 Å². The number of carbonyl (C=O) groups excluding carboxylic acids is 1. The number of fused-ring (bicyclic) bond motifs is 2. The maximum Gasteiger partial charge on any atom is 0.270 e. The van der Waals surface area contributed by atoms with Gasteiger partial charge >= 0.3 is 0 Å². The number of nitrogens with zero attached hydrogens (tertiary/aromatic N) is 5. The summed E-state index contributed by atoms with van der Waals surface area (Å²) in [5.74, 6) is 0.322. The lowest BCUT2D eigenvalue weighted by atomic mass is 10.00. The Morgan fingerprint density at radius 1 is 0.976 bits per heavy atom. The van der Waals surface area contributed by atoms with E-state index in [1.54, 1.807) is 13.1 Å². The predicted octanol–water partition coefficient (Wildman–Crippen LogP) is 4.23. The van der Waals surface area contributed by atoms with Crippen LogP contribution in [0.15, 0.2) is 112 Å². The van der Waals surface area contributed by atoms with E-state index in [2.05, 4.69) is 20.3 Å². The van der Waals surface area contributed by atoms with Gasteiger partial charge in [0.15, 0.2) is 0 Å². The number of amides is 1. The highest BCUT2D eigenvalue weighted by Crippen LogP contribution is 2.27. The number of benzodiazepines with no additional fused rings is 1. The number of carbonyl (C=O) groups is 1. The fourth-order valence-electron chi connectivity index (χ4n) is 4.56. The minimum atomic E-state index is -0.463. The largest absolute Gasteiger partial charge is 0.324 e. The first-order valence-corrected chi connectivity index (χ1v) is 13.3. The van der Waals surface area contributed by atoms with Gasteiger partial charge in [0, 0.05) is 46.1 Å². The lowest BCUT2D eigenvalue weighted by Gasteiger charge is -2.19. The number of hydrogen-bond acceptors (Lipinski definition) is 7. The molecule has 2 heterocycles. The van der Waals surface area contributed by atoms with E-state index >= 15 is 0 Å². The molecule has 10 nitrogen and oxygen atoms in total. The van der Waals surface area contributed by atoms with E-state index in [1.807, 2.05) is 72.8 Å². The molecule has 0 aliphatic carbocycles. The summed E-state index contributed by atoms with van der Waals surface area (Å²) in [6.07, 6.45) is 0. The van der Waals surface area contributed by atoms with Gasteiger partial charge < -0.3 is 5.32 Å². The number of nitro groups is 1. The number of aliphatic imine (C=N–C) groups is 2. The van der Waals surface area contributed by atoms with Gasteiger partial charge in [-0.15, -0.1) is 0 Å². The zero-order valence-corrected chi connectivity index (χ0v) is 23.2. The third-order valence-electron chi connectivity index (χ3n) is 6.49. The van der Waals surface area contributed by atoms with Gasteiger partial charge in [-0.3, -0.25) is 30.1 Å². The smallest absolute Gasteiger partial charge is 0.270 e. The zero-order chi connectivity index (χ0) is 29.6. The predicted molar refractivity (Wildman–Crippen MR) is 162 cm³/mol. The molecule has 0 radical (unpaired) electrons. The Labute approximate surface area is 245 Å². The first-order valence-electron chi connectivity index (χ1n) is 12.9. The third kappa shape index (κ3) is 6.25. The summed E-state index contributed by atoms with van der Waals surface area (Å²) >= 11 is 6.12. The van der Waals surface area contributed by atoms with Crippen LogP contribution in [0.25, 0.3) is 5.70 Å². The van der Waals surface area contributed by atoms with Crippen LogP contribution in [0.5, 0.6) is 0 Å². The first-order chi connectivity index (χ1) is 20.3. The van der Waals surface area contributed by atoms with Crippen LogP contribution in [0, 0.1) is 10.1 Å². The number of benzene rings is 4. The second-order valence-corrected chi connectivity index (χ2v) is 9.69. The van der Waals surface area contributed by atoms with Crippen LogP contribution in [0.3, 0.4) is 0 Å². The molecule has 11 heteroatoms. The monoisotopic (exact) mass is 580 g/mol. The minimum absolute atomic E-state index is 0.00724. The maximum absolute atomic E-state index is 11.7. The number of nitro benzene ring substituents is 1. The topological polar surface area (TPSA) is 133 Å². The van der Waals surface area contributed by atoms with Gasteiger partial charge in [0.1, 0.15) is 18.9 Å². The molecular weight excluding hydrogens is 556 g/mol. The molecule has 1 amide bonds. The molecule has 0 atom stereocenters. The average molecular weight is 581 g/mol. The molecule has 2 N–H and O–H groups in total. The van der Waals surface area contributed by atoms with E-state index in [1.165, 1.54) is 23.3 Å². The molecular formula is C31H25ClN6O4. The molecule has 6 rings (SSSR count). The van der Waals surface area contributed by atoms with Crippen molar-refractivity contribution in [2.24, 2.45) is 15.0 Å². The lowest BCUT2D eigenvalue weighted by Crippen LogP contribution is -2.31. The number of anilines is 1. The molecule has 4 aromatic carbocycles. The Balaban J connectivity index is 0.000000168. The molecule has 42 heavy (non-hydrogen) atoms. The molecule has 0 bridgehead atoms. The second-order valence-electron chi connectivity index (χ2n) is 9.25. The number of amidine groups is 1. The number of nitrogens with one attached hydrogen (secondary N) is 1.